The van der Waals surface area contributed by atoms with Crippen LogP contribution in [0.25, 0.3) is 5.52 Å². The monoisotopic (exact) mass is 491 g/mol. The van der Waals surface area contributed by atoms with E-state index in [4.69, 9.17) is 21.9 Å². The van der Waals surface area contributed by atoms with Crippen molar-refractivity contribution < 1.29 is 14.3 Å². The third kappa shape index (κ3) is 6.12. The molecule has 1 aliphatic heterocycles. The number of fused-ring (bicyclic) bond motifs is 1. The Bertz CT molecular complexity index is 1260. The Balaban J connectivity index is 0.000000253. The first kappa shape index (κ1) is 26.5. The first-order valence-corrected chi connectivity index (χ1v) is 11.7. The smallest absolute Gasteiger partial charge is 0.255 e. The number of amides is 2. The number of rotatable bonds is 6. The first-order chi connectivity index (χ1) is 17.3. The zero-order valence-electron chi connectivity index (χ0n) is 20.7. The van der Waals surface area contributed by atoms with E-state index < -0.39 is 5.91 Å². The van der Waals surface area contributed by atoms with E-state index in [0.717, 1.165) is 36.3 Å². The van der Waals surface area contributed by atoms with E-state index in [1.807, 2.05) is 27.6 Å². The van der Waals surface area contributed by atoms with Crippen LogP contribution in [-0.4, -0.2) is 65.3 Å². The number of carbonyl (C=O) groups is 2. The van der Waals surface area contributed by atoms with Gasteiger partial charge in [0.15, 0.2) is 0 Å². The molecule has 4 rings (SSSR count). The molecule has 1 atom stereocenters. The molecule has 0 radical (unpaired) electrons. The van der Waals surface area contributed by atoms with E-state index in [0.29, 0.717) is 12.5 Å². The first-order valence-electron chi connectivity index (χ1n) is 11.7. The topological polar surface area (TPSA) is 154 Å². The Morgan fingerprint density at radius 3 is 2.67 bits per heavy atom. The van der Waals surface area contributed by atoms with Crippen LogP contribution in [0.15, 0.2) is 53.4 Å². The Morgan fingerprint density at radius 1 is 1.31 bits per heavy atom. The summed E-state index contributed by atoms with van der Waals surface area (Å²) >= 11 is 0. The van der Waals surface area contributed by atoms with Crippen LogP contribution < -0.4 is 17.2 Å². The third-order valence-electron chi connectivity index (χ3n) is 6.08. The predicted octanol–water partition coefficient (Wildman–Crippen LogP) is 1.06. The third-order valence-corrected chi connectivity index (χ3v) is 6.08. The number of nitrogens with zero attached hydrogens (tertiary/aromatic N) is 4. The van der Waals surface area contributed by atoms with Crippen molar-refractivity contribution in [1.82, 2.24) is 14.3 Å². The number of aromatic nitrogens is 2. The summed E-state index contributed by atoms with van der Waals surface area (Å²) in [7, 11) is 3.11. The summed E-state index contributed by atoms with van der Waals surface area (Å²) in [6.45, 7) is 4.95. The summed E-state index contributed by atoms with van der Waals surface area (Å²) in [6.07, 6.45) is 9.60. The van der Waals surface area contributed by atoms with Gasteiger partial charge in [0.2, 0.25) is 5.91 Å². The van der Waals surface area contributed by atoms with Crippen LogP contribution in [0, 0.1) is 11.8 Å². The molecule has 2 fully saturated rings. The summed E-state index contributed by atoms with van der Waals surface area (Å²) in [5.74, 6) is 6.52. The van der Waals surface area contributed by atoms with Crippen molar-refractivity contribution in [3.05, 3.63) is 59.8 Å². The molecule has 1 aliphatic carbocycles. The summed E-state index contributed by atoms with van der Waals surface area (Å²) < 4.78 is 7.06. The Kier molecular flexibility index (Phi) is 8.86. The number of likely N-dealkylation sites (tertiary alicyclic amines) is 1. The number of pyridine rings is 1. The quantitative estimate of drug-likeness (QED) is 0.238. The number of hydrogen-bond donors (Lipinski definition) is 3. The zero-order valence-corrected chi connectivity index (χ0v) is 20.7. The molecule has 1 saturated heterocycles. The van der Waals surface area contributed by atoms with Gasteiger partial charge >= 0.3 is 0 Å². The molecule has 0 bridgehead atoms. The van der Waals surface area contributed by atoms with Crippen LogP contribution in [0.2, 0.25) is 0 Å². The average Bonchev–Trinajstić information content (AvgIpc) is 3.44. The van der Waals surface area contributed by atoms with Gasteiger partial charge < -0.3 is 31.2 Å². The van der Waals surface area contributed by atoms with Crippen molar-refractivity contribution in [3.8, 4) is 11.8 Å². The highest BCUT2D eigenvalue weighted by Gasteiger charge is 2.28. The Hall–Kier alpha value is -4.10. The van der Waals surface area contributed by atoms with Crippen molar-refractivity contribution in [2.24, 2.45) is 22.2 Å². The molecule has 10 nitrogen and oxygen atoms in total. The fourth-order valence-electron chi connectivity index (χ4n) is 4.11. The lowest BCUT2D eigenvalue weighted by Crippen LogP contribution is -2.36. The molecule has 36 heavy (non-hydrogen) atoms. The minimum atomic E-state index is -0.761. The van der Waals surface area contributed by atoms with E-state index >= 15 is 0 Å². The molecule has 2 aromatic heterocycles. The maximum absolute atomic E-state index is 11.5. The Labute approximate surface area is 210 Å². The van der Waals surface area contributed by atoms with Gasteiger partial charge in [0.25, 0.3) is 5.91 Å². The van der Waals surface area contributed by atoms with Gasteiger partial charge in [-0.2, -0.15) is 0 Å². The van der Waals surface area contributed by atoms with Crippen LogP contribution in [0.4, 0.5) is 0 Å². The van der Waals surface area contributed by atoms with Crippen molar-refractivity contribution in [2.45, 2.75) is 37.6 Å². The molecule has 2 aliphatic rings. The molecular formula is C26H33N7O3. The largest absolute Gasteiger partial charge is 0.391 e. The lowest BCUT2D eigenvalue weighted by Gasteiger charge is -2.22. The molecule has 3 heterocycles. The summed E-state index contributed by atoms with van der Waals surface area (Å²) in [5.41, 5.74) is 18.4. The highest BCUT2D eigenvalue weighted by Crippen LogP contribution is 2.39. The highest BCUT2D eigenvalue weighted by atomic mass is 16.5. The van der Waals surface area contributed by atoms with Gasteiger partial charge in [0, 0.05) is 32.8 Å². The van der Waals surface area contributed by atoms with Crippen LogP contribution in [-0.2, 0) is 14.3 Å². The van der Waals surface area contributed by atoms with E-state index in [1.54, 1.807) is 13.3 Å². The van der Waals surface area contributed by atoms with Gasteiger partial charge in [0.05, 0.1) is 35.6 Å². The fourth-order valence-corrected chi connectivity index (χ4v) is 4.11. The number of aliphatic imine (C=N–C) groups is 1. The number of imidazole rings is 1. The second kappa shape index (κ2) is 12.0. The second-order valence-corrected chi connectivity index (χ2v) is 8.57. The number of primary amides is 1. The van der Waals surface area contributed by atoms with Gasteiger partial charge in [-0.15, -0.1) is 0 Å². The van der Waals surface area contributed by atoms with Crippen LogP contribution >= 0.6 is 0 Å². The molecule has 2 amide bonds. The SMILES string of the molecule is C=CC(=O)N1CCCC1COC.CN=C(N)/C(C(N)=O)=C(\N)C#Cc1cccn2c(C3CC3)ncc12. The summed E-state index contributed by atoms with van der Waals surface area (Å²) in [6, 6.07) is 4.04. The minimum absolute atomic E-state index is 0.00506. The van der Waals surface area contributed by atoms with E-state index in [9.17, 15) is 9.59 Å². The number of allylic oxidation sites excluding steroid dienone is 1. The van der Waals surface area contributed by atoms with Gasteiger partial charge in [-0.1, -0.05) is 12.5 Å². The van der Waals surface area contributed by atoms with E-state index in [2.05, 4.69) is 28.4 Å². The van der Waals surface area contributed by atoms with Crippen LogP contribution in [0.3, 0.4) is 0 Å². The molecule has 10 heteroatoms. The molecular weight excluding hydrogens is 458 g/mol. The van der Waals surface area contributed by atoms with Crippen LogP contribution in [0.5, 0.6) is 0 Å². The van der Waals surface area contributed by atoms with Crippen molar-refractivity contribution in [1.29, 1.82) is 0 Å². The number of carbonyl (C=O) groups excluding carboxylic acids is 2. The number of hydrogen-bond acceptors (Lipinski definition) is 6. The molecule has 1 unspecified atom stereocenters. The number of methoxy groups -OCH3 is 1. The predicted molar refractivity (Wildman–Crippen MR) is 139 cm³/mol. The second-order valence-electron chi connectivity index (χ2n) is 8.57. The Morgan fingerprint density at radius 2 is 2.06 bits per heavy atom. The molecule has 2 aromatic rings. The van der Waals surface area contributed by atoms with Crippen molar-refractivity contribution in [3.63, 3.8) is 0 Å². The molecule has 0 aromatic carbocycles. The highest BCUT2D eigenvalue weighted by molar-refractivity contribution is 6.20. The average molecular weight is 492 g/mol. The molecule has 190 valence electrons. The lowest BCUT2D eigenvalue weighted by atomic mass is 10.1. The van der Waals surface area contributed by atoms with Crippen molar-refractivity contribution >= 4 is 23.2 Å². The fraction of sp³-hybridized carbons (Fsp3) is 0.385. The standard InChI is InChI=1S/C17H18N6O.C9H15NO2/c1-21-15(19)14(16(20)24)12(18)7-6-10-3-2-8-23-13(10)9-22-17(23)11-4-5-11;1-3-9(11)10-6-4-5-8(10)7-12-2/h2-3,8-9,11H,4-5,18H2,1H3,(H2,19,21)(H2,20,24);3,8H,1,4-7H2,2H3/b14-12+;. The minimum Gasteiger partial charge on any atom is -0.391 e. The lowest BCUT2D eigenvalue weighted by molar-refractivity contribution is -0.127. The van der Waals surface area contributed by atoms with Gasteiger partial charge in [-0.3, -0.25) is 14.6 Å². The molecule has 6 N–H and O–H groups in total. The maximum atomic E-state index is 11.5. The van der Waals surface area contributed by atoms with Crippen LogP contribution in [0.1, 0.15) is 43.0 Å². The summed E-state index contributed by atoms with van der Waals surface area (Å²) in [5, 5.41) is 0. The van der Waals surface area contributed by atoms with E-state index in [-0.39, 0.29) is 29.1 Å². The number of ether oxygens (including phenoxy) is 1. The molecule has 0 spiro atoms. The normalized spacial score (nSPS) is 18.0. The number of nitrogens with two attached hydrogens (primary N) is 3. The zero-order chi connectivity index (χ0) is 26.2. The van der Waals surface area contributed by atoms with Crippen molar-refractivity contribution in [2.75, 3.05) is 27.3 Å². The summed E-state index contributed by atoms with van der Waals surface area (Å²) in [4.78, 5) is 32.8. The maximum Gasteiger partial charge on any atom is 0.255 e. The van der Waals surface area contributed by atoms with Gasteiger partial charge in [-0.05, 0) is 49.8 Å². The molecule has 1 saturated carbocycles. The van der Waals surface area contributed by atoms with Gasteiger partial charge in [0.1, 0.15) is 17.2 Å². The van der Waals surface area contributed by atoms with Gasteiger partial charge in [-0.25, -0.2) is 4.98 Å². The number of amidine groups is 1. The van der Waals surface area contributed by atoms with E-state index in [1.165, 1.54) is 26.0 Å².